The first-order valence-corrected chi connectivity index (χ1v) is 13.6. The Labute approximate surface area is 223 Å². The molecule has 1 aromatic heterocycles. The quantitative estimate of drug-likeness (QED) is 0.263. The maximum Gasteiger partial charge on any atom is 0.407 e. The van der Waals surface area contributed by atoms with Crippen LogP contribution >= 0.6 is 0 Å². The van der Waals surface area contributed by atoms with E-state index in [1.165, 1.54) is 19.3 Å². The number of alkyl carbamates (subject to hydrolysis) is 1. The van der Waals surface area contributed by atoms with E-state index in [4.69, 9.17) is 4.74 Å². The molecular formula is C27H40N6O5. The molecular weight excluding hydrogens is 488 g/mol. The van der Waals surface area contributed by atoms with E-state index >= 15 is 0 Å². The summed E-state index contributed by atoms with van der Waals surface area (Å²) in [7, 11) is 0. The molecule has 208 valence electrons. The van der Waals surface area contributed by atoms with E-state index in [9.17, 15) is 19.2 Å². The summed E-state index contributed by atoms with van der Waals surface area (Å²) in [4.78, 5) is 48.2. The second-order valence-electron chi connectivity index (χ2n) is 10.7. The van der Waals surface area contributed by atoms with Crippen LogP contribution in [0.15, 0.2) is 23.0 Å². The summed E-state index contributed by atoms with van der Waals surface area (Å²) in [6.45, 7) is 7.00. The minimum atomic E-state index is -0.831. The summed E-state index contributed by atoms with van der Waals surface area (Å²) < 4.78 is 6.29. The molecule has 38 heavy (non-hydrogen) atoms. The number of hydrogen-bond donors (Lipinski definition) is 3. The lowest BCUT2D eigenvalue weighted by Crippen LogP contribution is -2.45. The van der Waals surface area contributed by atoms with Gasteiger partial charge >= 0.3 is 6.09 Å². The molecule has 0 spiro atoms. The van der Waals surface area contributed by atoms with Crippen molar-refractivity contribution >= 4 is 34.5 Å². The number of nitrogens with one attached hydrogen (secondary N) is 3. The number of anilines is 1. The van der Waals surface area contributed by atoms with Crippen molar-refractivity contribution in [3.8, 4) is 0 Å². The van der Waals surface area contributed by atoms with E-state index in [0.29, 0.717) is 17.4 Å². The van der Waals surface area contributed by atoms with Gasteiger partial charge in [-0.25, -0.2) is 4.79 Å². The summed E-state index contributed by atoms with van der Waals surface area (Å²) >= 11 is 0. The van der Waals surface area contributed by atoms with Gasteiger partial charge in [0.05, 0.1) is 5.39 Å². The fourth-order valence-corrected chi connectivity index (χ4v) is 4.33. The van der Waals surface area contributed by atoms with Gasteiger partial charge in [-0.2, -0.15) is 4.68 Å². The Morgan fingerprint density at radius 2 is 1.68 bits per heavy atom. The molecule has 0 aliphatic carbocycles. The van der Waals surface area contributed by atoms with Crippen molar-refractivity contribution in [1.82, 2.24) is 25.6 Å². The molecule has 0 radical (unpaired) electrons. The summed E-state index contributed by atoms with van der Waals surface area (Å²) in [5.41, 5.74) is 0.420. The third-order valence-corrected chi connectivity index (χ3v) is 6.29. The number of hydrogen-bond acceptors (Lipinski definition) is 8. The summed E-state index contributed by atoms with van der Waals surface area (Å²) in [5.74, 6) is -0.870. The van der Waals surface area contributed by atoms with Gasteiger partial charge in [-0.3, -0.25) is 19.7 Å². The number of piperidine rings is 1. The summed E-state index contributed by atoms with van der Waals surface area (Å²) in [5, 5.41) is 16.8. The zero-order valence-electron chi connectivity index (χ0n) is 22.7. The Kier molecular flexibility index (Phi) is 10.6. The van der Waals surface area contributed by atoms with Crippen LogP contribution in [0.2, 0.25) is 0 Å². The van der Waals surface area contributed by atoms with Crippen LogP contribution in [0.5, 0.6) is 0 Å². The van der Waals surface area contributed by atoms with Crippen molar-refractivity contribution in [3.63, 3.8) is 0 Å². The number of unbranched alkanes of at least 4 members (excludes halogenated alkanes) is 7. The number of rotatable bonds is 13. The fraction of sp³-hybridized carbons (Fsp3) is 0.630. The van der Waals surface area contributed by atoms with E-state index in [1.54, 1.807) is 12.1 Å². The number of benzene rings is 1. The minimum absolute atomic E-state index is 0.164. The lowest BCUT2D eigenvalue weighted by Gasteiger charge is -2.21. The number of carbonyl (C=O) groups excluding carboxylic acids is 3. The highest BCUT2D eigenvalue weighted by atomic mass is 16.6. The van der Waals surface area contributed by atoms with Gasteiger partial charge in [0.2, 0.25) is 5.91 Å². The van der Waals surface area contributed by atoms with Gasteiger partial charge in [0, 0.05) is 25.2 Å². The van der Waals surface area contributed by atoms with Gasteiger partial charge in [0.15, 0.2) is 0 Å². The zero-order chi connectivity index (χ0) is 27.5. The second-order valence-corrected chi connectivity index (χ2v) is 10.7. The number of imide groups is 1. The number of amides is 3. The van der Waals surface area contributed by atoms with Gasteiger partial charge in [-0.15, -0.1) is 5.10 Å². The molecule has 11 nitrogen and oxygen atoms in total. The molecule has 0 bridgehead atoms. The predicted octanol–water partition coefficient (Wildman–Crippen LogP) is 3.83. The number of aromatic nitrogens is 3. The van der Waals surface area contributed by atoms with E-state index in [-0.39, 0.29) is 24.8 Å². The second kappa shape index (κ2) is 13.9. The first-order chi connectivity index (χ1) is 18.1. The molecule has 1 unspecified atom stereocenters. The standard InChI is InChI=1S/C27H40N6O5/c1-27(2,3)38-26(37)29-17-11-9-7-5-4-6-8-10-16-28-19-12-13-21-20(18-19)25(36)33(32-31-21)22-14-15-23(34)30-24(22)35/h12-13,18,22,28H,4-11,14-17H2,1-3H3,(H,29,37)(H,30,34,35). The lowest BCUT2D eigenvalue weighted by molar-refractivity contribution is -0.136. The van der Waals surface area contributed by atoms with Gasteiger partial charge in [-0.1, -0.05) is 43.7 Å². The zero-order valence-corrected chi connectivity index (χ0v) is 22.7. The average molecular weight is 529 g/mol. The number of nitrogens with zero attached hydrogens (tertiary/aromatic N) is 3. The van der Waals surface area contributed by atoms with Crippen LogP contribution in [0.3, 0.4) is 0 Å². The third-order valence-electron chi connectivity index (χ3n) is 6.29. The van der Waals surface area contributed by atoms with Crippen molar-refractivity contribution in [2.75, 3.05) is 18.4 Å². The molecule has 3 rings (SSSR count). The molecule has 1 fully saturated rings. The van der Waals surface area contributed by atoms with Crippen LogP contribution in [0.4, 0.5) is 10.5 Å². The first kappa shape index (κ1) is 29.1. The lowest BCUT2D eigenvalue weighted by atomic mass is 10.1. The highest BCUT2D eigenvalue weighted by molar-refractivity contribution is 5.99. The molecule has 11 heteroatoms. The van der Waals surface area contributed by atoms with Gasteiger partial charge in [0.1, 0.15) is 17.2 Å². The van der Waals surface area contributed by atoms with Crippen molar-refractivity contribution in [2.24, 2.45) is 0 Å². The highest BCUT2D eigenvalue weighted by Gasteiger charge is 2.30. The SMILES string of the molecule is CC(C)(C)OC(=O)NCCCCCCCCCCNc1ccc2nnn(C3CCC(=O)NC3=O)c(=O)c2c1. The number of carbonyl (C=O) groups is 3. The van der Waals surface area contributed by atoms with Crippen molar-refractivity contribution in [2.45, 2.75) is 96.6 Å². The van der Waals surface area contributed by atoms with Crippen LogP contribution in [-0.4, -0.2) is 51.6 Å². The van der Waals surface area contributed by atoms with Crippen LogP contribution in [0.1, 0.15) is 91.0 Å². The molecule has 1 aromatic carbocycles. The molecule has 1 aliphatic rings. The Bertz CT molecular complexity index is 1170. The molecule has 1 atom stereocenters. The van der Waals surface area contributed by atoms with Gasteiger partial charge in [0.25, 0.3) is 11.5 Å². The molecule has 1 saturated heterocycles. The summed E-state index contributed by atoms with van der Waals surface area (Å²) in [6, 6.07) is 4.52. The molecule has 0 saturated carbocycles. The Morgan fingerprint density at radius 3 is 2.34 bits per heavy atom. The predicted molar refractivity (Wildman–Crippen MR) is 145 cm³/mol. The van der Waals surface area contributed by atoms with E-state index in [0.717, 1.165) is 49.0 Å². The highest BCUT2D eigenvalue weighted by Crippen LogP contribution is 2.18. The topological polar surface area (TPSA) is 144 Å². The Balaban J connectivity index is 1.31. The molecule has 1 aliphatic heterocycles. The normalized spacial score (nSPS) is 15.8. The summed E-state index contributed by atoms with van der Waals surface area (Å²) in [6.07, 6.45) is 8.93. The van der Waals surface area contributed by atoms with Crippen LogP contribution < -0.4 is 21.5 Å². The van der Waals surface area contributed by atoms with Crippen LogP contribution in [-0.2, 0) is 14.3 Å². The number of fused-ring (bicyclic) bond motifs is 1. The molecule has 2 heterocycles. The van der Waals surface area contributed by atoms with Crippen molar-refractivity contribution < 1.29 is 19.1 Å². The maximum atomic E-state index is 13.0. The van der Waals surface area contributed by atoms with E-state index < -0.39 is 23.1 Å². The first-order valence-electron chi connectivity index (χ1n) is 13.6. The maximum absolute atomic E-state index is 13.0. The Hall–Kier alpha value is -3.50. The molecule has 3 N–H and O–H groups in total. The van der Waals surface area contributed by atoms with Crippen molar-refractivity contribution in [3.05, 3.63) is 28.6 Å². The third kappa shape index (κ3) is 9.11. The van der Waals surface area contributed by atoms with E-state index in [2.05, 4.69) is 26.3 Å². The average Bonchev–Trinajstić information content (AvgIpc) is 2.84. The van der Waals surface area contributed by atoms with Crippen molar-refractivity contribution in [1.29, 1.82) is 0 Å². The molecule has 2 aromatic rings. The smallest absolute Gasteiger partial charge is 0.407 e. The number of ether oxygens (including phenoxy) is 1. The van der Waals surface area contributed by atoms with Gasteiger partial charge in [-0.05, 0) is 58.2 Å². The molecule has 3 amide bonds. The largest absolute Gasteiger partial charge is 0.444 e. The van der Waals surface area contributed by atoms with Crippen LogP contribution in [0, 0.1) is 0 Å². The Morgan fingerprint density at radius 1 is 1.03 bits per heavy atom. The fourth-order valence-electron chi connectivity index (χ4n) is 4.33. The van der Waals surface area contributed by atoms with Gasteiger partial charge < -0.3 is 15.4 Å². The van der Waals surface area contributed by atoms with E-state index in [1.807, 2.05) is 26.8 Å². The van der Waals surface area contributed by atoms with Crippen LogP contribution in [0.25, 0.3) is 10.9 Å². The monoisotopic (exact) mass is 528 g/mol. The minimum Gasteiger partial charge on any atom is -0.444 e.